The highest BCUT2D eigenvalue weighted by molar-refractivity contribution is 7.71. The Morgan fingerprint density at radius 1 is 1.00 bits per heavy atom. The summed E-state index contributed by atoms with van der Waals surface area (Å²) < 4.78 is 22.6. The minimum absolute atomic E-state index is 0.0108. The first-order valence-electron chi connectivity index (χ1n) is 11.2. The SMILES string of the molecule is Cc1ccc(-c2nn(Cc3nn(CN4CCN(c5ccc(F)cc5)CC4)c(=S)o3)c(=O)n2N)cc1. The van der Waals surface area contributed by atoms with Crippen molar-refractivity contribution >= 4 is 17.9 Å². The molecule has 35 heavy (non-hydrogen) atoms. The molecule has 3 heterocycles. The van der Waals surface area contributed by atoms with Gasteiger partial charge in [-0.05, 0) is 43.4 Å². The van der Waals surface area contributed by atoms with E-state index in [0.29, 0.717) is 12.5 Å². The summed E-state index contributed by atoms with van der Waals surface area (Å²) in [6, 6.07) is 14.1. The number of hydrogen-bond acceptors (Lipinski definition) is 8. The number of aryl methyl sites for hydroxylation is 1. The predicted octanol–water partition coefficient (Wildman–Crippen LogP) is 2.22. The van der Waals surface area contributed by atoms with E-state index in [1.807, 2.05) is 31.2 Å². The van der Waals surface area contributed by atoms with Gasteiger partial charge in [-0.25, -0.2) is 18.5 Å². The van der Waals surface area contributed by atoms with Crippen molar-refractivity contribution in [1.29, 1.82) is 0 Å². The first kappa shape index (κ1) is 23.0. The molecule has 0 aliphatic carbocycles. The second-order valence-corrected chi connectivity index (χ2v) is 8.83. The van der Waals surface area contributed by atoms with Gasteiger partial charge in [-0.2, -0.15) is 4.68 Å². The van der Waals surface area contributed by atoms with Crippen LogP contribution in [0.1, 0.15) is 11.5 Å². The van der Waals surface area contributed by atoms with Crippen molar-refractivity contribution < 1.29 is 8.81 Å². The lowest BCUT2D eigenvalue weighted by Gasteiger charge is -2.35. The van der Waals surface area contributed by atoms with Crippen molar-refractivity contribution in [2.24, 2.45) is 0 Å². The molecule has 0 radical (unpaired) electrons. The second kappa shape index (κ2) is 9.47. The van der Waals surface area contributed by atoms with Crippen molar-refractivity contribution in [3.05, 3.63) is 81.1 Å². The second-order valence-electron chi connectivity index (χ2n) is 8.48. The van der Waals surface area contributed by atoms with Crippen LogP contribution in [-0.2, 0) is 13.2 Å². The van der Waals surface area contributed by atoms with Crippen LogP contribution < -0.4 is 16.4 Å². The molecule has 0 unspecified atom stereocenters. The van der Waals surface area contributed by atoms with Gasteiger partial charge in [0.2, 0.25) is 5.89 Å². The van der Waals surface area contributed by atoms with Crippen molar-refractivity contribution in [2.45, 2.75) is 20.1 Å². The highest BCUT2D eigenvalue weighted by Gasteiger charge is 2.20. The van der Waals surface area contributed by atoms with Gasteiger partial charge in [0.05, 0.1) is 6.67 Å². The first-order chi connectivity index (χ1) is 16.9. The fraction of sp³-hybridized carbons (Fsp3) is 0.304. The third-order valence-corrected chi connectivity index (χ3v) is 6.31. The lowest BCUT2D eigenvalue weighted by atomic mass is 10.1. The Morgan fingerprint density at radius 2 is 1.69 bits per heavy atom. The van der Waals surface area contributed by atoms with E-state index >= 15 is 0 Å². The smallest absolute Gasteiger partial charge is 0.365 e. The Morgan fingerprint density at radius 3 is 2.37 bits per heavy atom. The van der Waals surface area contributed by atoms with Crippen molar-refractivity contribution in [3.8, 4) is 11.4 Å². The van der Waals surface area contributed by atoms with E-state index in [4.69, 9.17) is 22.5 Å². The van der Waals surface area contributed by atoms with E-state index in [9.17, 15) is 9.18 Å². The minimum Gasteiger partial charge on any atom is -0.412 e. The van der Waals surface area contributed by atoms with Gasteiger partial charge < -0.3 is 15.2 Å². The summed E-state index contributed by atoms with van der Waals surface area (Å²) in [6.45, 7) is 5.64. The molecular weight excluding hydrogens is 471 g/mol. The van der Waals surface area contributed by atoms with Gasteiger partial charge in [0.25, 0.3) is 4.84 Å². The van der Waals surface area contributed by atoms with E-state index in [1.54, 1.807) is 16.8 Å². The molecule has 1 saturated heterocycles. The zero-order valence-electron chi connectivity index (χ0n) is 19.2. The van der Waals surface area contributed by atoms with E-state index in [-0.39, 0.29) is 23.1 Å². The van der Waals surface area contributed by atoms with Gasteiger partial charge in [-0.15, -0.1) is 10.2 Å². The highest BCUT2D eigenvalue weighted by atomic mass is 32.1. The average molecular weight is 497 g/mol. The number of halogens is 1. The Kier molecular flexibility index (Phi) is 6.22. The summed E-state index contributed by atoms with van der Waals surface area (Å²) in [7, 11) is 0. The van der Waals surface area contributed by atoms with Gasteiger partial charge in [0.1, 0.15) is 12.4 Å². The van der Waals surface area contributed by atoms with Crippen LogP contribution in [0.15, 0.2) is 57.7 Å². The number of hydrogen-bond donors (Lipinski definition) is 1. The molecule has 0 atom stereocenters. The lowest BCUT2D eigenvalue weighted by Crippen LogP contribution is -2.47. The van der Waals surface area contributed by atoms with Crippen LogP contribution in [0.2, 0.25) is 0 Å². The fourth-order valence-corrected chi connectivity index (χ4v) is 4.24. The molecule has 182 valence electrons. The molecule has 0 bridgehead atoms. The Bertz CT molecular complexity index is 1430. The van der Waals surface area contributed by atoms with Crippen LogP contribution in [0.5, 0.6) is 0 Å². The van der Waals surface area contributed by atoms with E-state index < -0.39 is 5.69 Å². The van der Waals surface area contributed by atoms with Crippen molar-refractivity contribution in [1.82, 2.24) is 29.1 Å². The third-order valence-electron chi connectivity index (χ3n) is 6.01. The van der Waals surface area contributed by atoms with Gasteiger partial charge >= 0.3 is 5.69 Å². The molecule has 10 nitrogen and oxygen atoms in total. The summed E-state index contributed by atoms with van der Waals surface area (Å²) in [6.07, 6.45) is 0. The van der Waals surface area contributed by atoms with Crippen LogP contribution in [0.25, 0.3) is 11.4 Å². The van der Waals surface area contributed by atoms with Crippen LogP contribution in [0.4, 0.5) is 10.1 Å². The largest absolute Gasteiger partial charge is 0.412 e. The van der Waals surface area contributed by atoms with Crippen LogP contribution in [-0.4, -0.2) is 55.3 Å². The number of piperazine rings is 1. The number of aromatic nitrogens is 5. The Labute approximate surface area is 205 Å². The van der Waals surface area contributed by atoms with Crippen LogP contribution >= 0.6 is 12.2 Å². The third kappa shape index (κ3) is 4.88. The minimum atomic E-state index is -0.479. The number of anilines is 1. The van der Waals surface area contributed by atoms with Crippen LogP contribution in [0, 0.1) is 17.6 Å². The molecular formula is C23H25FN8O2S. The van der Waals surface area contributed by atoms with Gasteiger partial charge in [-0.1, -0.05) is 29.8 Å². The standard InChI is InChI=1S/C23H25FN8O2S/c1-16-2-4-17(5-3-16)21-27-30(22(33)32(21)25)14-20-26-31(23(35)34-20)15-28-10-12-29(13-11-28)19-8-6-18(24)7-9-19/h2-9H,10-15,25H2,1H3. The molecule has 4 aromatic rings. The van der Waals surface area contributed by atoms with Gasteiger partial charge in [-0.3, -0.25) is 4.90 Å². The molecule has 2 aromatic heterocycles. The summed E-state index contributed by atoms with van der Waals surface area (Å²) >= 11 is 5.35. The summed E-state index contributed by atoms with van der Waals surface area (Å²) in [5.41, 5.74) is 2.35. The first-order valence-corrected chi connectivity index (χ1v) is 11.6. The van der Waals surface area contributed by atoms with E-state index in [2.05, 4.69) is 20.0 Å². The van der Waals surface area contributed by atoms with Crippen LogP contribution in [0.3, 0.4) is 0 Å². The number of benzene rings is 2. The summed E-state index contributed by atoms with van der Waals surface area (Å²) in [4.78, 5) is 17.3. The van der Waals surface area contributed by atoms with Crippen molar-refractivity contribution in [2.75, 3.05) is 36.9 Å². The normalized spacial score (nSPS) is 14.5. The number of rotatable bonds is 6. The maximum Gasteiger partial charge on any atom is 0.365 e. The zero-order chi connectivity index (χ0) is 24.5. The quantitative estimate of drug-likeness (QED) is 0.320. The molecule has 12 heteroatoms. The summed E-state index contributed by atoms with van der Waals surface area (Å²) in [5.74, 6) is 6.35. The predicted molar refractivity (Wildman–Crippen MR) is 131 cm³/mol. The van der Waals surface area contributed by atoms with E-state index in [1.165, 1.54) is 16.8 Å². The molecule has 2 aromatic carbocycles. The van der Waals surface area contributed by atoms with E-state index in [0.717, 1.165) is 47.7 Å². The molecule has 0 amide bonds. The average Bonchev–Trinajstić information content (AvgIpc) is 3.34. The highest BCUT2D eigenvalue weighted by Crippen LogP contribution is 2.18. The molecule has 2 N–H and O–H groups in total. The fourth-order valence-electron chi connectivity index (χ4n) is 4.04. The number of nitrogens with two attached hydrogens (primary N) is 1. The van der Waals surface area contributed by atoms with Gasteiger partial charge in [0.15, 0.2) is 5.82 Å². The molecule has 5 rings (SSSR count). The Balaban J connectivity index is 1.25. The molecule has 0 spiro atoms. The monoisotopic (exact) mass is 496 g/mol. The number of nitrogens with zero attached hydrogens (tertiary/aromatic N) is 7. The topological polar surface area (TPSA) is 103 Å². The summed E-state index contributed by atoms with van der Waals surface area (Å²) in [5, 5.41) is 8.81. The number of nitrogen functional groups attached to an aromatic ring is 1. The molecule has 1 aliphatic rings. The zero-order valence-corrected chi connectivity index (χ0v) is 20.0. The molecule has 1 fully saturated rings. The van der Waals surface area contributed by atoms with Crippen molar-refractivity contribution in [3.63, 3.8) is 0 Å². The molecule has 1 aliphatic heterocycles. The maximum atomic E-state index is 13.2. The lowest BCUT2D eigenvalue weighted by molar-refractivity contribution is 0.192. The van der Waals surface area contributed by atoms with Gasteiger partial charge in [0, 0.05) is 37.4 Å². The maximum absolute atomic E-state index is 13.2. The Hall–Kier alpha value is -3.77. The molecule has 0 saturated carbocycles.